The van der Waals surface area contributed by atoms with Crippen LogP contribution < -0.4 is 5.32 Å². The Balaban J connectivity index is 1.98. The summed E-state index contributed by atoms with van der Waals surface area (Å²) in [4.78, 5) is 15.0. The first-order valence-corrected chi connectivity index (χ1v) is 5.10. The molecule has 0 aliphatic rings. The van der Waals surface area contributed by atoms with Gasteiger partial charge in [-0.1, -0.05) is 0 Å². The molecule has 88 valence electrons. The molecule has 0 unspecified atom stereocenters. The molecule has 2 rings (SSSR count). The van der Waals surface area contributed by atoms with Gasteiger partial charge in [-0.15, -0.1) is 0 Å². The number of hydrogen-bond donors (Lipinski definition) is 1. The third-order valence-corrected chi connectivity index (χ3v) is 2.21. The lowest BCUT2D eigenvalue weighted by atomic mass is 10.2. The maximum atomic E-state index is 12.8. The Kier molecular flexibility index (Phi) is 3.18. The van der Waals surface area contributed by atoms with Crippen molar-refractivity contribution in [2.24, 2.45) is 0 Å². The Morgan fingerprint density at radius 2 is 2.29 bits per heavy atom. The van der Waals surface area contributed by atoms with E-state index in [2.05, 4.69) is 10.3 Å². The van der Waals surface area contributed by atoms with E-state index in [0.29, 0.717) is 5.76 Å². The van der Waals surface area contributed by atoms with Crippen LogP contribution >= 0.6 is 0 Å². The molecule has 0 saturated carbocycles. The molecule has 4 nitrogen and oxygen atoms in total. The predicted molar refractivity (Wildman–Crippen MR) is 58.8 cm³/mol. The SMILES string of the molecule is Cc1ccc(CNC(=O)c2ccnc(F)c2)o1. The van der Waals surface area contributed by atoms with Crippen LogP contribution in [0, 0.1) is 12.9 Å². The lowest BCUT2D eigenvalue weighted by Crippen LogP contribution is -2.22. The van der Waals surface area contributed by atoms with Gasteiger partial charge in [-0.2, -0.15) is 4.39 Å². The van der Waals surface area contributed by atoms with E-state index < -0.39 is 5.95 Å². The van der Waals surface area contributed by atoms with Crippen LogP contribution in [0.1, 0.15) is 21.9 Å². The van der Waals surface area contributed by atoms with E-state index in [9.17, 15) is 9.18 Å². The first-order valence-electron chi connectivity index (χ1n) is 5.10. The normalized spacial score (nSPS) is 10.2. The molecule has 0 fully saturated rings. The topological polar surface area (TPSA) is 55.1 Å². The monoisotopic (exact) mass is 234 g/mol. The van der Waals surface area contributed by atoms with Crippen LogP contribution in [-0.4, -0.2) is 10.9 Å². The van der Waals surface area contributed by atoms with Crippen molar-refractivity contribution in [3.63, 3.8) is 0 Å². The summed E-state index contributed by atoms with van der Waals surface area (Å²) < 4.78 is 18.1. The van der Waals surface area contributed by atoms with Crippen LogP contribution in [0.25, 0.3) is 0 Å². The summed E-state index contributed by atoms with van der Waals surface area (Å²) in [7, 11) is 0. The molecule has 0 bridgehead atoms. The smallest absolute Gasteiger partial charge is 0.251 e. The van der Waals surface area contributed by atoms with E-state index in [-0.39, 0.29) is 18.0 Å². The second-order valence-electron chi connectivity index (χ2n) is 3.56. The zero-order chi connectivity index (χ0) is 12.3. The number of aromatic nitrogens is 1. The fraction of sp³-hybridized carbons (Fsp3) is 0.167. The second kappa shape index (κ2) is 4.78. The zero-order valence-electron chi connectivity index (χ0n) is 9.24. The van der Waals surface area contributed by atoms with Crippen LogP contribution in [0.3, 0.4) is 0 Å². The van der Waals surface area contributed by atoms with Gasteiger partial charge in [0.05, 0.1) is 6.54 Å². The van der Waals surface area contributed by atoms with Crippen molar-refractivity contribution >= 4 is 5.91 Å². The van der Waals surface area contributed by atoms with Crippen molar-refractivity contribution in [2.45, 2.75) is 13.5 Å². The van der Waals surface area contributed by atoms with Crippen molar-refractivity contribution in [2.75, 3.05) is 0 Å². The Morgan fingerprint density at radius 3 is 2.94 bits per heavy atom. The van der Waals surface area contributed by atoms with E-state index >= 15 is 0 Å². The summed E-state index contributed by atoms with van der Waals surface area (Å²) in [5.41, 5.74) is 0.237. The van der Waals surface area contributed by atoms with Crippen LogP contribution in [-0.2, 0) is 6.54 Å². The summed E-state index contributed by atoms with van der Waals surface area (Å²) in [6, 6.07) is 6.13. The van der Waals surface area contributed by atoms with Gasteiger partial charge < -0.3 is 9.73 Å². The highest BCUT2D eigenvalue weighted by Crippen LogP contribution is 2.06. The largest absolute Gasteiger partial charge is 0.465 e. The molecule has 0 spiro atoms. The lowest BCUT2D eigenvalue weighted by molar-refractivity contribution is 0.0947. The number of pyridine rings is 1. The van der Waals surface area contributed by atoms with E-state index in [1.54, 1.807) is 6.07 Å². The molecule has 5 heteroatoms. The van der Waals surface area contributed by atoms with Crippen LogP contribution in [0.4, 0.5) is 4.39 Å². The maximum absolute atomic E-state index is 12.8. The van der Waals surface area contributed by atoms with Crippen molar-refractivity contribution in [1.82, 2.24) is 10.3 Å². The van der Waals surface area contributed by atoms with E-state index in [1.165, 1.54) is 12.3 Å². The molecule has 1 N–H and O–H groups in total. The molecular formula is C12H11FN2O2. The third-order valence-electron chi connectivity index (χ3n) is 2.21. The van der Waals surface area contributed by atoms with Gasteiger partial charge >= 0.3 is 0 Å². The van der Waals surface area contributed by atoms with Crippen molar-refractivity contribution in [1.29, 1.82) is 0 Å². The number of rotatable bonds is 3. The molecule has 0 saturated heterocycles. The molecule has 0 radical (unpaired) electrons. The molecule has 2 aromatic heterocycles. The maximum Gasteiger partial charge on any atom is 0.251 e. The molecule has 0 aromatic carbocycles. The summed E-state index contributed by atoms with van der Waals surface area (Å²) in [6.45, 7) is 2.10. The molecule has 1 amide bonds. The van der Waals surface area contributed by atoms with Gasteiger partial charge in [0, 0.05) is 17.8 Å². The third kappa shape index (κ3) is 2.90. The summed E-state index contributed by atoms with van der Waals surface area (Å²) in [5, 5.41) is 2.63. The first-order chi connectivity index (χ1) is 8.15. The van der Waals surface area contributed by atoms with Crippen molar-refractivity contribution < 1.29 is 13.6 Å². The summed E-state index contributed by atoms with van der Waals surface area (Å²) in [5.74, 6) is 0.404. The minimum absolute atomic E-state index is 0.237. The van der Waals surface area contributed by atoms with Gasteiger partial charge in [0.1, 0.15) is 11.5 Å². The minimum Gasteiger partial charge on any atom is -0.465 e. The number of nitrogens with zero attached hydrogens (tertiary/aromatic N) is 1. The average molecular weight is 234 g/mol. The van der Waals surface area contributed by atoms with Gasteiger partial charge in [0.25, 0.3) is 5.91 Å². The molecule has 0 aliphatic heterocycles. The minimum atomic E-state index is -0.675. The fourth-order valence-electron chi connectivity index (χ4n) is 1.39. The second-order valence-corrected chi connectivity index (χ2v) is 3.56. The van der Waals surface area contributed by atoms with Crippen LogP contribution in [0.5, 0.6) is 0 Å². The average Bonchev–Trinajstić information content (AvgIpc) is 2.72. The highest BCUT2D eigenvalue weighted by Gasteiger charge is 2.07. The van der Waals surface area contributed by atoms with Crippen molar-refractivity contribution in [3.8, 4) is 0 Å². The summed E-state index contributed by atoms with van der Waals surface area (Å²) in [6.07, 6.45) is 1.25. The standard InChI is InChI=1S/C12H11FN2O2/c1-8-2-3-10(17-8)7-15-12(16)9-4-5-14-11(13)6-9/h2-6H,7H2,1H3,(H,15,16). The number of furan rings is 1. The zero-order valence-corrected chi connectivity index (χ0v) is 9.24. The van der Waals surface area contributed by atoms with Gasteiger partial charge in [-0.3, -0.25) is 4.79 Å². The van der Waals surface area contributed by atoms with E-state index in [0.717, 1.165) is 11.8 Å². The van der Waals surface area contributed by atoms with Gasteiger partial charge in [-0.05, 0) is 25.1 Å². The molecule has 2 heterocycles. The van der Waals surface area contributed by atoms with E-state index in [4.69, 9.17) is 4.42 Å². The number of amides is 1. The Morgan fingerprint density at radius 1 is 1.47 bits per heavy atom. The summed E-state index contributed by atoms with van der Waals surface area (Å²) >= 11 is 0. The number of hydrogen-bond acceptors (Lipinski definition) is 3. The van der Waals surface area contributed by atoms with Crippen molar-refractivity contribution in [3.05, 3.63) is 53.5 Å². The molecule has 0 atom stereocenters. The van der Waals surface area contributed by atoms with Gasteiger partial charge in [0.15, 0.2) is 0 Å². The lowest BCUT2D eigenvalue weighted by Gasteiger charge is -2.02. The Bertz CT molecular complexity index is 537. The predicted octanol–water partition coefficient (Wildman–Crippen LogP) is 2.05. The Labute approximate surface area is 97.5 Å². The molecule has 2 aromatic rings. The number of carbonyl (C=O) groups excluding carboxylic acids is 1. The van der Waals surface area contributed by atoms with Gasteiger partial charge in [-0.25, -0.2) is 4.98 Å². The fourth-order valence-corrected chi connectivity index (χ4v) is 1.39. The first kappa shape index (κ1) is 11.3. The quantitative estimate of drug-likeness (QED) is 0.827. The molecule has 0 aliphatic carbocycles. The van der Waals surface area contributed by atoms with Crippen LogP contribution in [0.2, 0.25) is 0 Å². The van der Waals surface area contributed by atoms with E-state index in [1.807, 2.05) is 13.0 Å². The Hall–Kier alpha value is -2.17. The van der Waals surface area contributed by atoms with Crippen LogP contribution in [0.15, 0.2) is 34.9 Å². The number of nitrogens with one attached hydrogen (secondary N) is 1. The molecular weight excluding hydrogens is 223 g/mol. The molecule has 17 heavy (non-hydrogen) atoms. The highest BCUT2D eigenvalue weighted by molar-refractivity contribution is 5.93. The van der Waals surface area contributed by atoms with Gasteiger partial charge in [0.2, 0.25) is 5.95 Å². The number of aryl methyl sites for hydroxylation is 1. The number of halogens is 1. The number of carbonyl (C=O) groups is 1. The highest BCUT2D eigenvalue weighted by atomic mass is 19.1.